The van der Waals surface area contributed by atoms with E-state index in [1.54, 1.807) is 0 Å². The van der Waals surface area contributed by atoms with E-state index in [0.717, 1.165) is 17.7 Å². The van der Waals surface area contributed by atoms with Gasteiger partial charge in [-0.3, -0.25) is 4.79 Å². The fourth-order valence-electron chi connectivity index (χ4n) is 2.24. The lowest BCUT2D eigenvalue weighted by atomic mass is 9.99. The average molecular weight is 397 g/mol. The number of halogens is 3. The van der Waals surface area contributed by atoms with Crippen molar-refractivity contribution < 1.29 is 13.6 Å². The van der Waals surface area contributed by atoms with E-state index in [2.05, 4.69) is 35.1 Å². The molecule has 3 N–H and O–H groups in total. The number of nitrogens with one attached hydrogen (secondary N) is 1. The molecule has 0 radical (unpaired) electrons. The van der Waals surface area contributed by atoms with E-state index in [0.29, 0.717) is 5.92 Å². The molecule has 6 heteroatoms. The van der Waals surface area contributed by atoms with Crippen LogP contribution in [-0.4, -0.2) is 12.5 Å². The standard InChI is InChI=1S/C18H19BrF2N2O/c1-10(2)11-3-5-12(6-4-11)17(22)9-23-18(24)13-7-15(20)16(21)8-14(13)19/h3-8,10,17H,9,22H2,1-2H3,(H,23,24). The highest BCUT2D eigenvalue weighted by Crippen LogP contribution is 2.21. The molecule has 0 saturated heterocycles. The van der Waals surface area contributed by atoms with Crippen molar-refractivity contribution in [2.24, 2.45) is 5.73 Å². The maximum atomic E-state index is 13.3. The molecule has 0 spiro atoms. The summed E-state index contributed by atoms with van der Waals surface area (Å²) in [4.78, 5) is 12.1. The number of carbonyl (C=O) groups is 1. The molecule has 0 aliphatic rings. The second kappa shape index (κ2) is 7.85. The highest BCUT2D eigenvalue weighted by atomic mass is 79.9. The summed E-state index contributed by atoms with van der Waals surface area (Å²) in [7, 11) is 0. The molecule has 2 rings (SSSR count). The molecule has 0 heterocycles. The van der Waals surface area contributed by atoms with Crippen LogP contribution in [0.1, 0.15) is 47.3 Å². The molecule has 1 atom stereocenters. The second-order valence-electron chi connectivity index (χ2n) is 5.88. The summed E-state index contributed by atoms with van der Waals surface area (Å²) >= 11 is 3.06. The molecule has 0 bridgehead atoms. The molecule has 24 heavy (non-hydrogen) atoms. The van der Waals surface area contributed by atoms with E-state index in [-0.39, 0.29) is 22.6 Å². The zero-order valence-electron chi connectivity index (χ0n) is 13.4. The van der Waals surface area contributed by atoms with Crippen molar-refractivity contribution >= 4 is 21.8 Å². The van der Waals surface area contributed by atoms with Crippen LogP contribution in [-0.2, 0) is 0 Å². The van der Waals surface area contributed by atoms with E-state index >= 15 is 0 Å². The van der Waals surface area contributed by atoms with E-state index in [4.69, 9.17) is 5.73 Å². The Morgan fingerprint density at radius 1 is 1.12 bits per heavy atom. The quantitative estimate of drug-likeness (QED) is 0.740. The average Bonchev–Trinajstić information content (AvgIpc) is 2.55. The van der Waals surface area contributed by atoms with Crippen molar-refractivity contribution in [3.05, 3.63) is 69.2 Å². The van der Waals surface area contributed by atoms with Crippen molar-refractivity contribution in [3.8, 4) is 0 Å². The first kappa shape index (κ1) is 18.5. The number of nitrogens with two attached hydrogens (primary N) is 1. The highest BCUT2D eigenvalue weighted by molar-refractivity contribution is 9.10. The van der Waals surface area contributed by atoms with E-state index in [1.807, 2.05) is 24.3 Å². The minimum atomic E-state index is -1.07. The molecule has 1 unspecified atom stereocenters. The van der Waals surface area contributed by atoms with Crippen LogP contribution in [0.3, 0.4) is 0 Å². The lowest BCUT2D eigenvalue weighted by molar-refractivity contribution is 0.0950. The van der Waals surface area contributed by atoms with Gasteiger partial charge in [0.2, 0.25) is 0 Å². The number of carbonyl (C=O) groups excluding carboxylic acids is 1. The Hall–Kier alpha value is -1.79. The summed E-state index contributed by atoms with van der Waals surface area (Å²) in [6.07, 6.45) is 0. The predicted molar refractivity (Wildman–Crippen MR) is 93.9 cm³/mol. The van der Waals surface area contributed by atoms with Crippen LogP contribution in [0.4, 0.5) is 8.78 Å². The molecule has 2 aromatic rings. The van der Waals surface area contributed by atoms with Gasteiger partial charge in [0.25, 0.3) is 5.91 Å². The third-order valence-corrected chi connectivity index (χ3v) is 4.42. The van der Waals surface area contributed by atoms with E-state index < -0.39 is 17.5 Å². The number of hydrogen-bond donors (Lipinski definition) is 2. The minimum Gasteiger partial charge on any atom is -0.350 e. The largest absolute Gasteiger partial charge is 0.350 e. The van der Waals surface area contributed by atoms with Gasteiger partial charge in [-0.05, 0) is 45.1 Å². The summed E-state index contributed by atoms with van der Waals surface area (Å²) in [5.74, 6) is -2.17. The number of rotatable bonds is 5. The highest BCUT2D eigenvalue weighted by Gasteiger charge is 2.16. The van der Waals surface area contributed by atoms with Crippen molar-refractivity contribution in [2.45, 2.75) is 25.8 Å². The summed E-state index contributed by atoms with van der Waals surface area (Å²) in [5.41, 5.74) is 8.21. The normalized spacial score (nSPS) is 12.3. The van der Waals surface area contributed by atoms with Gasteiger partial charge in [0.1, 0.15) is 0 Å². The molecular weight excluding hydrogens is 378 g/mol. The van der Waals surface area contributed by atoms with Crippen molar-refractivity contribution in [1.29, 1.82) is 0 Å². The Morgan fingerprint density at radius 3 is 2.25 bits per heavy atom. The molecule has 2 aromatic carbocycles. The van der Waals surface area contributed by atoms with Crippen LogP contribution in [0.25, 0.3) is 0 Å². The molecule has 1 amide bonds. The third-order valence-electron chi connectivity index (χ3n) is 3.77. The Morgan fingerprint density at radius 2 is 1.67 bits per heavy atom. The van der Waals surface area contributed by atoms with Gasteiger partial charge in [-0.2, -0.15) is 0 Å². The maximum absolute atomic E-state index is 13.3. The number of benzene rings is 2. The van der Waals surface area contributed by atoms with Crippen LogP contribution < -0.4 is 11.1 Å². The van der Waals surface area contributed by atoms with Gasteiger partial charge >= 0.3 is 0 Å². The Labute approximate surface area is 148 Å². The summed E-state index contributed by atoms with van der Waals surface area (Å²) < 4.78 is 26.6. The van der Waals surface area contributed by atoms with Crippen molar-refractivity contribution in [3.63, 3.8) is 0 Å². The van der Waals surface area contributed by atoms with Gasteiger partial charge < -0.3 is 11.1 Å². The first-order valence-corrected chi connectivity index (χ1v) is 8.37. The zero-order chi connectivity index (χ0) is 17.9. The van der Waals surface area contributed by atoms with Crippen LogP contribution >= 0.6 is 15.9 Å². The van der Waals surface area contributed by atoms with Crippen molar-refractivity contribution in [1.82, 2.24) is 5.32 Å². The summed E-state index contributed by atoms with van der Waals surface area (Å²) in [6, 6.07) is 9.27. The maximum Gasteiger partial charge on any atom is 0.252 e. The number of amides is 1. The Bertz CT molecular complexity index is 733. The smallest absolute Gasteiger partial charge is 0.252 e. The molecule has 0 aliphatic heterocycles. The topological polar surface area (TPSA) is 55.1 Å². The molecule has 0 saturated carbocycles. The van der Waals surface area contributed by atoms with Gasteiger partial charge in [-0.15, -0.1) is 0 Å². The van der Waals surface area contributed by atoms with Crippen LogP contribution in [0.5, 0.6) is 0 Å². The second-order valence-corrected chi connectivity index (χ2v) is 6.74. The number of hydrogen-bond acceptors (Lipinski definition) is 2. The van der Waals surface area contributed by atoms with Gasteiger partial charge in [0, 0.05) is 17.1 Å². The lowest BCUT2D eigenvalue weighted by Crippen LogP contribution is -2.32. The first-order chi connectivity index (χ1) is 11.3. The van der Waals surface area contributed by atoms with Crippen LogP contribution in [0, 0.1) is 11.6 Å². The van der Waals surface area contributed by atoms with Gasteiger partial charge in [0.15, 0.2) is 11.6 Å². The van der Waals surface area contributed by atoms with E-state index in [1.165, 1.54) is 5.56 Å². The first-order valence-electron chi connectivity index (χ1n) is 7.57. The zero-order valence-corrected chi connectivity index (χ0v) is 15.0. The van der Waals surface area contributed by atoms with E-state index in [9.17, 15) is 13.6 Å². The molecule has 0 fully saturated rings. The molecular formula is C18H19BrF2N2O. The van der Waals surface area contributed by atoms with Crippen LogP contribution in [0.2, 0.25) is 0 Å². The summed E-state index contributed by atoms with van der Waals surface area (Å²) in [5, 5.41) is 2.64. The lowest BCUT2D eigenvalue weighted by Gasteiger charge is -2.15. The molecule has 0 aliphatic carbocycles. The monoisotopic (exact) mass is 396 g/mol. The minimum absolute atomic E-state index is 0.0243. The Kier molecular flexibility index (Phi) is 6.07. The fraction of sp³-hybridized carbons (Fsp3) is 0.278. The fourth-order valence-corrected chi connectivity index (χ4v) is 2.74. The SMILES string of the molecule is CC(C)c1ccc(C(N)CNC(=O)c2cc(F)c(F)cc2Br)cc1. The van der Waals surface area contributed by atoms with Gasteiger partial charge in [-0.25, -0.2) is 8.78 Å². The predicted octanol–water partition coefficient (Wildman–Crippen LogP) is 4.28. The summed E-state index contributed by atoms with van der Waals surface area (Å²) in [6.45, 7) is 4.40. The molecule has 3 nitrogen and oxygen atoms in total. The van der Waals surface area contributed by atoms with Crippen LogP contribution in [0.15, 0.2) is 40.9 Å². The van der Waals surface area contributed by atoms with Gasteiger partial charge in [-0.1, -0.05) is 38.1 Å². The van der Waals surface area contributed by atoms with Crippen molar-refractivity contribution in [2.75, 3.05) is 6.54 Å². The molecule has 0 aromatic heterocycles. The third kappa shape index (κ3) is 4.39. The molecule has 128 valence electrons. The van der Waals surface area contributed by atoms with Gasteiger partial charge in [0.05, 0.1) is 5.56 Å². The Balaban J connectivity index is 2.02.